The molecule has 0 unspecified atom stereocenters. The first-order chi connectivity index (χ1) is 8.54. The molecule has 1 aromatic heterocycles. The van der Waals surface area contributed by atoms with E-state index in [1.165, 1.54) is 0 Å². The first-order valence-corrected chi connectivity index (χ1v) is 6.63. The van der Waals surface area contributed by atoms with Crippen molar-refractivity contribution in [2.75, 3.05) is 24.6 Å². The van der Waals surface area contributed by atoms with Crippen molar-refractivity contribution in [3.05, 3.63) is 23.4 Å². The normalized spacial score (nSPS) is 19.0. The molecule has 1 aliphatic rings. The summed E-state index contributed by atoms with van der Waals surface area (Å²) in [6.07, 6.45) is 0.939. The molecule has 0 amide bonds. The number of pyridine rings is 1. The average Bonchev–Trinajstić information content (AvgIpc) is 2.37. The lowest BCUT2D eigenvalue weighted by molar-refractivity contribution is -0.0279. The zero-order valence-electron chi connectivity index (χ0n) is 11.6. The van der Waals surface area contributed by atoms with E-state index in [9.17, 15) is 0 Å². The van der Waals surface area contributed by atoms with Crippen LogP contribution in [0, 0.1) is 0 Å². The highest BCUT2D eigenvalue weighted by Gasteiger charge is 2.28. The van der Waals surface area contributed by atoms with Crippen LogP contribution in [0.3, 0.4) is 0 Å². The molecule has 1 fully saturated rings. The van der Waals surface area contributed by atoms with E-state index in [0.29, 0.717) is 6.54 Å². The topological polar surface area (TPSA) is 51.4 Å². The highest BCUT2D eigenvalue weighted by atomic mass is 16.5. The molecule has 0 bridgehead atoms. The summed E-state index contributed by atoms with van der Waals surface area (Å²) < 4.78 is 5.74. The highest BCUT2D eigenvalue weighted by Crippen LogP contribution is 2.23. The minimum Gasteiger partial charge on any atom is -0.372 e. The lowest BCUT2D eigenvalue weighted by Gasteiger charge is -2.39. The fourth-order valence-corrected chi connectivity index (χ4v) is 2.31. The van der Waals surface area contributed by atoms with Gasteiger partial charge in [-0.2, -0.15) is 0 Å². The van der Waals surface area contributed by atoms with E-state index in [2.05, 4.69) is 37.8 Å². The van der Waals surface area contributed by atoms with E-state index >= 15 is 0 Å². The first kappa shape index (κ1) is 13.3. The van der Waals surface area contributed by atoms with Gasteiger partial charge in [0, 0.05) is 25.3 Å². The van der Waals surface area contributed by atoms with Gasteiger partial charge in [-0.15, -0.1) is 0 Å². The molecule has 0 aromatic carbocycles. The third-order valence-corrected chi connectivity index (χ3v) is 3.27. The van der Waals surface area contributed by atoms with Crippen molar-refractivity contribution in [1.29, 1.82) is 0 Å². The number of hydrogen-bond acceptors (Lipinski definition) is 4. The number of aromatic nitrogens is 1. The first-order valence-electron chi connectivity index (χ1n) is 6.63. The minimum absolute atomic E-state index is 0.106. The molecule has 2 heterocycles. The zero-order valence-corrected chi connectivity index (χ0v) is 11.6. The van der Waals surface area contributed by atoms with E-state index < -0.39 is 0 Å². The van der Waals surface area contributed by atoms with Gasteiger partial charge in [-0.05, 0) is 38.0 Å². The summed E-state index contributed by atoms with van der Waals surface area (Å²) in [5.41, 5.74) is 7.91. The number of morpholine rings is 1. The number of anilines is 1. The monoisotopic (exact) mass is 249 g/mol. The molecule has 0 spiro atoms. The second kappa shape index (κ2) is 5.24. The largest absolute Gasteiger partial charge is 0.372 e. The Morgan fingerprint density at radius 1 is 1.44 bits per heavy atom. The van der Waals surface area contributed by atoms with Crippen LogP contribution < -0.4 is 10.6 Å². The van der Waals surface area contributed by atoms with Gasteiger partial charge in [0.1, 0.15) is 5.82 Å². The van der Waals surface area contributed by atoms with Crippen LogP contribution in [0.25, 0.3) is 0 Å². The van der Waals surface area contributed by atoms with E-state index in [1.807, 2.05) is 0 Å². The molecule has 4 nitrogen and oxygen atoms in total. The predicted octanol–water partition coefficient (Wildman–Crippen LogP) is 1.72. The zero-order chi connectivity index (χ0) is 13.2. The summed E-state index contributed by atoms with van der Waals surface area (Å²) in [7, 11) is 0. The lowest BCUT2D eigenvalue weighted by Crippen LogP contribution is -2.48. The van der Waals surface area contributed by atoms with Gasteiger partial charge in [-0.1, -0.05) is 6.92 Å². The van der Waals surface area contributed by atoms with Crippen LogP contribution in [0.4, 0.5) is 5.82 Å². The fraction of sp³-hybridized carbons (Fsp3) is 0.643. The van der Waals surface area contributed by atoms with Gasteiger partial charge in [-0.3, -0.25) is 0 Å². The molecule has 100 valence electrons. The quantitative estimate of drug-likeness (QED) is 0.886. The predicted molar refractivity (Wildman–Crippen MR) is 73.8 cm³/mol. The summed E-state index contributed by atoms with van der Waals surface area (Å²) >= 11 is 0. The van der Waals surface area contributed by atoms with Crippen LogP contribution in [0.15, 0.2) is 12.1 Å². The number of aryl methyl sites for hydroxylation is 1. The molecule has 1 saturated heterocycles. The Labute approximate surface area is 109 Å². The van der Waals surface area contributed by atoms with Crippen molar-refractivity contribution in [3.8, 4) is 0 Å². The maximum Gasteiger partial charge on any atom is 0.129 e. The smallest absolute Gasteiger partial charge is 0.129 e. The highest BCUT2D eigenvalue weighted by molar-refractivity contribution is 5.43. The van der Waals surface area contributed by atoms with Crippen LogP contribution >= 0.6 is 0 Å². The van der Waals surface area contributed by atoms with Gasteiger partial charge in [0.05, 0.1) is 12.2 Å². The Morgan fingerprint density at radius 2 is 2.22 bits per heavy atom. The van der Waals surface area contributed by atoms with E-state index in [0.717, 1.165) is 43.2 Å². The SMILES string of the molecule is CCc1cc(CN)cc(N2CCOC(C)(C)C2)n1. The Bertz CT molecular complexity index is 395. The summed E-state index contributed by atoms with van der Waals surface area (Å²) in [6, 6.07) is 4.19. The molecule has 1 aromatic rings. The molecule has 0 atom stereocenters. The molecule has 0 saturated carbocycles. The molecule has 4 heteroatoms. The number of ether oxygens (including phenoxy) is 1. The maximum atomic E-state index is 5.75. The molecule has 0 aliphatic carbocycles. The van der Waals surface area contributed by atoms with Crippen molar-refractivity contribution in [3.63, 3.8) is 0 Å². The second-order valence-electron chi connectivity index (χ2n) is 5.41. The van der Waals surface area contributed by atoms with Crippen LogP contribution in [0.2, 0.25) is 0 Å². The number of hydrogen-bond donors (Lipinski definition) is 1. The minimum atomic E-state index is -0.106. The Morgan fingerprint density at radius 3 is 2.83 bits per heavy atom. The number of rotatable bonds is 3. The lowest BCUT2D eigenvalue weighted by atomic mass is 10.1. The van der Waals surface area contributed by atoms with Gasteiger partial charge in [0.2, 0.25) is 0 Å². The molecule has 2 N–H and O–H groups in total. The Hall–Kier alpha value is -1.13. The third kappa shape index (κ3) is 3.00. The fourth-order valence-electron chi connectivity index (χ4n) is 2.31. The maximum absolute atomic E-state index is 5.75. The molecule has 2 rings (SSSR count). The van der Waals surface area contributed by atoms with Gasteiger partial charge < -0.3 is 15.4 Å². The van der Waals surface area contributed by atoms with Crippen LogP contribution in [-0.2, 0) is 17.7 Å². The van der Waals surface area contributed by atoms with Crippen LogP contribution in [0.5, 0.6) is 0 Å². The Balaban J connectivity index is 2.26. The van der Waals surface area contributed by atoms with Gasteiger partial charge in [0.25, 0.3) is 0 Å². The average molecular weight is 249 g/mol. The summed E-state index contributed by atoms with van der Waals surface area (Å²) in [4.78, 5) is 7.00. The molecule has 18 heavy (non-hydrogen) atoms. The van der Waals surface area contributed by atoms with Crippen molar-refractivity contribution < 1.29 is 4.74 Å². The van der Waals surface area contributed by atoms with Crippen LogP contribution in [0.1, 0.15) is 32.0 Å². The standard InChI is InChI=1S/C14H23N3O/c1-4-12-7-11(9-15)8-13(16-12)17-5-6-18-14(2,3)10-17/h7-8H,4-6,9-10,15H2,1-3H3. The summed E-state index contributed by atoms with van der Waals surface area (Å²) in [6.45, 7) is 9.44. The van der Waals surface area contributed by atoms with E-state index in [-0.39, 0.29) is 5.60 Å². The molecular formula is C14H23N3O. The van der Waals surface area contributed by atoms with E-state index in [4.69, 9.17) is 15.5 Å². The number of nitrogens with zero attached hydrogens (tertiary/aromatic N) is 2. The van der Waals surface area contributed by atoms with Crippen LogP contribution in [-0.4, -0.2) is 30.3 Å². The molecular weight excluding hydrogens is 226 g/mol. The molecule has 1 aliphatic heterocycles. The summed E-state index contributed by atoms with van der Waals surface area (Å²) in [5.74, 6) is 1.03. The van der Waals surface area contributed by atoms with Crippen molar-refractivity contribution >= 4 is 5.82 Å². The number of nitrogens with two attached hydrogens (primary N) is 1. The molecule has 0 radical (unpaired) electrons. The van der Waals surface area contributed by atoms with Crippen molar-refractivity contribution in [2.45, 2.75) is 39.3 Å². The van der Waals surface area contributed by atoms with E-state index in [1.54, 1.807) is 0 Å². The third-order valence-electron chi connectivity index (χ3n) is 3.27. The second-order valence-corrected chi connectivity index (χ2v) is 5.41. The summed E-state index contributed by atoms with van der Waals surface area (Å²) in [5, 5.41) is 0. The van der Waals surface area contributed by atoms with Crippen molar-refractivity contribution in [1.82, 2.24) is 4.98 Å². The van der Waals surface area contributed by atoms with Gasteiger partial charge >= 0.3 is 0 Å². The van der Waals surface area contributed by atoms with Gasteiger partial charge in [-0.25, -0.2) is 4.98 Å². The van der Waals surface area contributed by atoms with Gasteiger partial charge in [0.15, 0.2) is 0 Å². The Kier molecular flexibility index (Phi) is 3.88. The van der Waals surface area contributed by atoms with Crippen molar-refractivity contribution in [2.24, 2.45) is 5.73 Å².